The topological polar surface area (TPSA) is 54.7 Å². The molecule has 2 aromatic rings. The van der Waals surface area contributed by atoms with E-state index in [-0.39, 0.29) is 0 Å². The van der Waals surface area contributed by atoms with Gasteiger partial charge < -0.3 is 5.73 Å². The Kier molecular flexibility index (Phi) is 3.93. The van der Waals surface area contributed by atoms with Gasteiger partial charge in [0.05, 0.1) is 0 Å². The Morgan fingerprint density at radius 3 is 2.63 bits per heavy atom. The van der Waals surface area contributed by atoms with E-state index in [4.69, 9.17) is 5.73 Å². The van der Waals surface area contributed by atoms with Gasteiger partial charge in [-0.1, -0.05) is 38.5 Å². The number of nitrogens with two attached hydrogens (primary N) is 1. The standard InChI is InChI=1S/C16H23N3/c1-5-6-11(3)15-14(16(17)19-18-15)13-8-7-10(2)12(4)9-13/h7-9,11H,5-6H2,1-4H3,(H3,17,18,19). The second-order valence-corrected chi connectivity index (χ2v) is 5.39. The number of nitrogens with one attached hydrogen (secondary N) is 1. The third kappa shape index (κ3) is 2.65. The molecule has 2 rings (SSSR count). The van der Waals surface area contributed by atoms with Crippen LogP contribution in [0.5, 0.6) is 0 Å². The van der Waals surface area contributed by atoms with Gasteiger partial charge in [0.1, 0.15) is 0 Å². The fourth-order valence-corrected chi connectivity index (χ4v) is 2.50. The Labute approximate surface area is 115 Å². The minimum absolute atomic E-state index is 0.450. The number of nitrogen functional groups attached to an aromatic ring is 1. The van der Waals surface area contributed by atoms with Crippen LogP contribution in [0.4, 0.5) is 5.82 Å². The van der Waals surface area contributed by atoms with Crippen molar-refractivity contribution in [2.75, 3.05) is 5.73 Å². The maximum atomic E-state index is 6.05. The lowest BCUT2D eigenvalue weighted by molar-refractivity contribution is 0.646. The summed E-state index contributed by atoms with van der Waals surface area (Å²) < 4.78 is 0. The zero-order chi connectivity index (χ0) is 14.0. The van der Waals surface area contributed by atoms with Crippen LogP contribution in [0.25, 0.3) is 11.1 Å². The van der Waals surface area contributed by atoms with Crippen LogP contribution in [0, 0.1) is 13.8 Å². The van der Waals surface area contributed by atoms with Crippen molar-refractivity contribution in [3.8, 4) is 11.1 Å². The van der Waals surface area contributed by atoms with Gasteiger partial charge >= 0.3 is 0 Å². The highest BCUT2D eigenvalue weighted by atomic mass is 15.2. The van der Waals surface area contributed by atoms with E-state index in [9.17, 15) is 0 Å². The first-order valence-electron chi connectivity index (χ1n) is 6.96. The number of rotatable bonds is 4. The molecule has 3 nitrogen and oxygen atoms in total. The van der Waals surface area contributed by atoms with Crippen molar-refractivity contribution in [3.63, 3.8) is 0 Å². The molecule has 0 aliphatic rings. The van der Waals surface area contributed by atoms with E-state index in [1.165, 1.54) is 11.1 Å². The minimum atomic E-state index is 0.450. The number of nitrogens with zero attached hydrogens (tertiary/aromatic N) is 1. The number of hydrogen-bond acceptors (Lipinski definition) is 2. The molecule has 0 amide bonds. The number of aryl methyl sites for hydroxylation is 2. The normalized spacial score (nSPS) is 12.6. The van der Waals surface area contributed by atoms with Crippen LogP contribution >= 0.6 is 0 Å². The average molecular weight is 257 g/mol. The molecule has 0 saturated carbocycles. The fraction of sp³-hybridized carbons (Fsp3) is 0.438. The SMILES string of the molecule is CCCC(C)c1[nH]nc(N)c1-c1ccc(C)c(C)c1. The highest BCUT2D eigenvalue weighted by Gasteiger charge is 2.17. The van der Waals surface area contributed by atoms with Gasteiger partial charge in [-0.15, -0.1) is 0 Å². The quantitative estimate of drug-likeness (QED) is 0.863. The Hall–Kier alpha value is -1.77. The molecule has 0 bridgehead atoms. The summed E-state index contributed by atoms with van der Waals surface area (Å²) in [4.78, 5) is 0. The van der Waals surface area contributed by atoms with Crippen LogP contribution in [0.2, 0.25) is 0 Å². The maximum absolute atomic E-state index is 6.05. The van der Waals surface area contributed by atoms with E-state index in [2.05, 4.69) is 56.1 Å². The highest BCUT2D eigenvalue weighted by Crippen LogP contribution is 2.34. The average Bonchev–Trinajstić information content (AvgIpc) is 2.75. The summed E-state index contributed by atoms with van der Waals surface area (Å²) in [5.74, 6) is 1.05. The monoisotopic (exact) mass is 257 g/mol. The van der Waals surface area contributed by atoms with Crippen LogP contribution in [0.1, 0.15) is 49.4 Å². The molecule has 0 spiro atoms. The van der Waals surface area contributed by atoms with Crippen molar-refractivity contribution < 1.29 is 0 Å². The molecule has 0 aliphatic carbocycles. The molecule has 1 unspecified atom stereocenters. The molecule has 1 aromatic heterocycles. The van der Waals surface area contributed by atoms with E-state index < -0.39 is 0 Å². The molecule has 3 N–H and O–H groups in total. The van der Waals surface area contributed by atoms with Crippen LogP contribution in [-0.2, 0) is 0 Å². The summed E-state index contributed by atoms with van der Waals surface area (Å²) in [7, 11) is 0. The summed E-state index contributed by atoms with van der Waals surface area (Å²) in [5.41, 5.74) is 12.0. The first-order valence-corrected chi connectivity index (χ1v) is 6.96. The molecule has 0 saturated heterocycles. The Balaban J connectivity index is 2.48. The van der Waals surface area contributed by atoms with Crippen molar-refractivity contribution in [2.45, 2.75) is 46.5 Å². The summed E-state index contributed by atoms with van der Waals surface area (Å²) in [6, 6.07) is 6.47. The fourth-order valence-electron chi connectivity index (χ4n) is 2.50. The Morgan fingerprint density at radius 1 is 1.26 bits per heavy atom. The lowest BCUT2D eigenvalue weighted by Gasteiger charge is -2.12. The van der Waals surface area contributed by atoms with Crippen molar-refractivity contribution in [1.82, 2.24) is 10.2 Å². The van der Waals surface area contributed by atoms with Crippen molar-refractivity contribution in [3.05, 3.63) is 35.0 Å². The van der Waals surface area contributed by atoms with Gasteiger partial charge in [0.2, 0.25) is 0 Å². The van der Waals surface area contributed by atoms with Crippen LogP contribution in [0.3, 0.4) is 0 Å². The van der Waals surface area contributed by atoms with E-state index in [0.29, 0.717) is 11.7 Å². The highest BCUT2D eigenvalue weighted by molar-refractivity contribution is 5.77. The summed E-state index contributed by atoms with van der Waals surface area (Å²) in [6.45, 7) is 8.68. The first kappa shape index (κ1) is 13.7. The molecule has 1 atom stereocenters. The molecule has 0 aliphatic heterocycles. The van der Waals surface area contributed by atoms with E-state index in [0.717, 1.165) is 29.7 Å². The van der Waals surface area contributed by atoms with Crippen molar-refractivity contribution >= 4 is 5.82 Å². The second kappa shape index (κ2) is 5.47. The lowest BCUT2D eigenvalue weighted by atomic mass is 9.93. The zero-order valence-corrected chi connectivity index (χ0v) is 12.2. The molecule has 102 valence electrons. The number of benzene rings is 1. The van der Waals surface area contributed by atoms with E-state index >= 15 is 0 Å². The summed E-state index contributed by atoms with van der Waals surface area (Å²) >= 11 is 0. The van der Waals surface area contributed by atoms with Crippen LogP contribution in [-0.4, -0.2) is 10.2 Å². The van der Waals surface area contributed by atoms with Gasteiger partial charge in [-0.3, -0.25) is 5.10 Å². The van der Waals surface area contributed by atoms with Crippen molar-refractivity contribution in [1.29, 1.82) is 0 Å². The first-order chi connectivity index (χ1) is 9.04. The van der Waals surface area contributed by atoms with Crippen LogP contribution in [0.15, 0.2) is 18.2 Å². The molecular weight excluding hydrogens is 234 g/mol. The number of aromatic nitrogens is 2. The minimum Gasteiger partial charge on any atom is -0.382 e. The number of anilines is 1. The smallest absolute Gasteiger partial charge is 0.153 e. The van der Waals surface area contributed by atoms with Crippen LogP contribution < -0.4 is 5.73 Å². The molecular formula is C16H23N3. The predicted molar refractivity (Wildman–Crippen MR) is 81.2 cm³/mol. The van der Waals surface area contributed by atoms with E-state index in [1.807, 2.05) is 0 Å². The number of aromatic amines is 1. The Morgan fingerprint density at radius 2 is 2.00 bits per heavy atom. The Bertz CT molecular complexity index is 569. The third-order valence-electron chi connectivity index (χ3n) is 3.83. The lowest BCUT2D eigenvalue weighted by Crippen LogP contribution is -1.97. The number of hydrogen-bond donors (Lipinski definition) is 2. The molecule has 0 radical (unpaired) electrons. The van der Waals surface area contributed by atoms with Gasteiger partial charge in [-0.25, -0.2) is 0 Å². The molecule has 1 heterocycles. The zero-order valence-electron chi connectivity index (χ0n) is 12.2. The van der Waals surface area contributed by atoms with Gasteiger partial charge in [0.15, 0.2) is 5.82 Å². The third-order valence-corrected chi connectivity index (χ3v) is 3.83. The molecule has 0 fully saturated rings. The summed E-state index contributed by atoms with van der Waals surface area (Å²) in [6.07, 6.45) is 2.30. The summed E-state index contributed by atoms with van der Waals surface area (Å²) in [5, 5.41) is 7.32. The van der Waals surface area contributed by atoms with Gasteiger partial charge in [-0.2, -0.15) is 5.10 Å². The van der Waals surface area contributed by atoms with Gasteiger partial charge in [-0.05, 0) is 42.9 Å². The maximum Gasteiger partial charge on any atom is 0.153 e. The molecule has 19 heavy (non-hydrogen) atoms. The predicted octanol–water partition coefficient (Wildman–Crippen LogP) is 4.18. The van der Waals surface area contributed by atoms with Crippen molar-refractivity contribution in [2.24, 2.45) is 0 Å². The molecule has 1 aromatic carbocycles. The van der Waals surface area contributed by atoms with Gasteiger partial charge in [0, 0.05) is 11.3 Å². The number of H-pyrrole nitrogens is 1. The van der Waals surface area contributed by atoms with Gasteiger partial charge in [0.25, 0.3) is 0 Å². The largest absolute Gasteiger partial charge is 0.382 e. The van der Waals surface area contributed by atoms with E-state index in [1.54, 1.807) is 0 Å². The molecule has 3 heteroatoms. The second-order valence-electron chi connectivity index (χ2n) is 5.39.